The molecule has 2 rings (SSSR count). The lowest BCUT2D eigenvalue weighted by molar-refractivity contribution is 0.0937. The minimum Gasteiger partial charge on any atom is -0.496 e. The molecule has 0 aromatic heterocycles. The van der Waals surface area contributed by atoms with Gasteiger partial charge in [0.25, 0.3) is 5.91 Å². The number of rotatable bonds is 4. The Hall–Kier alpha value is -1.71. The van der Waals surface area contributed by atoms with Crippen LogP contribution in [0.25, 0.3) is 0 Å². The maximum absolute atomic E-state index is 12.4. The molecular formula is C16H15Cl2NO2. The first-order valence-electron chi connectivity index (χ1n) is 6.41. The van der Waals surface area contributed by atoms with Gasteiger partial charge in [-0.1, -0.05) is 35.3 Å². The summed E-state index contributed by atoms with van der Waals surface area (Å²) in [5.74, 6) is 0.247. The van der Waals surface area contributed by atoms with E-state index in [0.717, 1.165) is 5.56 Å². The van der Waals surface area contributed by atoms with Crippen molar-refractivity contribution in [2.24, 2.45) is 0 Å². The van der Waals surface area contributed by atoms with Gasteiger partial charge in [0, 0.05) is 10.0 Å². The van der Waals surface area contributed by atoms with Crippen LogP contribution in [-0.4, -0.2) is 13.0 Å². The van der Waals surface area contributed by atoms with Gasteiger partial charge in [-0.15, -0.1) is 0 Å². The van der Waals surface area contributed by atoms with Crippen LogP contribution in [0.2, 0.25) is 10.0 Å². The van der Waals surface area contributed by atoms with Gasteiger partial charge in [-0.3, -0.25) is 4.79 Å². The standard InChI is InChI=1S/C16H15Cl2NO2/c1-10(11-3-5-12(17)6-4-11)19-16(20)14-9-13(18)7-8-15(14)21-2/h3-10H,1-2H3,(H,19,20). The first-order chi connectivity index (χ1) is 10.0. The quantitative estimate of drug-likeness (QED) is 0.900. The van der Waals surface area contributed by atoms with Crippen molar-refractivity contribution in [3.8, 4) is 5.75 Å². The molecule has 0 bridgehead atoms. The van der Waals surface area contributed by atoms with Crippen molar-refractivity contribution in [1.82, 2.24) is 5.32 Å². The summed E-state index contributed by atoms with van der Waals surface area (Å²) in [5.41, 5.74) is 1.37. The number of carbonyl (C=O) groups is 1. The molecule has 0 heterocycles. The molecule has 2 aromatic carbocycles. The molecule has 0 aliphatic rings. The van der Waals surface area contributed by atoms with Crippen molar-refractivity contribution in [2.75, 3.05) is 7.11 Å². The molecule has 0 fully saturated rings. The Morgan fingerprint density at radius 2 is 1.71 bits per heavy atom. The summed E-state index contributed by atoms with van der Waals surface area (Å²) in [4.78, 5) is 12.4. The Morgan fingerprint density at radius 1 is 1.10 bits per heavy atom. The molecule has 1 unspecified atom stereocenters. The molecule has 0 spiro atoms. The van der Waals surface area contributed by atoms with Crippen molar-refractivity contribution in [2.45, 2.75) is 13.0 Å². The molecule has 3 nitrogen and oxygen atoms in total. The average Bonchev–Trinajstić information content (AvgIpc) is 2.47. The monoisotopic (exact) mass is 323 g/mol. The third-order valence-corrected chi connectivity index (χ3v) is 3.61. The van der Waals surface area contributed by atoms with E-state index in [4.69, 9.17) is 27.9 Å². The normalized spacial score (nSPS) is 11.8. The highest BCUT2D eigenvalue weighted by Crippen LogP contribution is 2.24. The van der Waals surface area contributed by atoms with Gasteiger partial charge in [-0.05, 0) is 42.8 Å². The zero-order valence-corrected chi connectivity index (χ0v) is 13.2. The van der Waals surface area contributed by atoms with Crippen LogP contribution in [0.1, 0.15) is 28.9 Å². The number of benzene rings is 2. The maximum Gasteiger partial charge on any atom is 0.255 e. The topological polar surface area (TPSA) is 38.3 Å². The number of amides is 1. The predicted octanol–water partition coefficient (Wildman–Crippen LogP) is 4.49. The van der Waals surface area contributed by atoms with Gasteiger partial charge in [0.05, 0.1) is 18.7 Å². The minimum atomic E-state index is -0.239. The second-order valence-corrected chi connectivity index (χ2v) is 5.46. The van der Waals surface area contributed by atoms with Crippen molar-refractivity contribution in [3.63, 3.8) is 0 Å². The van der Waals surface area contributed by atoms with Crippen LogP contribution in [0.5, 0.6) is 5.75 Å². The highest BCUT2D eigenvalue weighted by atomic mass is 35.5. The SMILES string of the molecule is COc1ccc(Cl)cc1C(=O)NC(C)c1ccc(Cl)cc1. The predicted molar refractivity (Wildman–Crippen MR) is 85.3 cm³/mol. The molecule has 0 aliphatic carbocycles. The van der Waals surface area contributed by atoms with E-state index < -0.39 is 0 Å². The molecule has 1 N–H and O–H groups in total. The molecule has 21 heavy (non-hydrogen) atoms. The Morgan fingerprint density at radius 3 is 2.33 bits per heavy atom. The number of hydrogen-bond acceptors (Lipinski definition) is 2. The largest absolute Gasteiger partial charge is 0.496 e. The number of hydrogen-bond donors (Lipinski definition) is 1. The summed E-state index contributed by atoms with van der Waals surface area (Å²) in [7, 11) is 1.52. The van der Waals surface area contributed by atoms with Crippen molar-refractivity contribution < 1.29 is 9.53 Å². The molecule has 1 atom stereocenters. The maximum atomic E-state index is 12.4. The zero-order valence-electron chi connectivity index (χ0n) is 11.7. The second-order valence-electron chi connectivity index (χ2n) is 4.59. The van der Waals surface area contributed by atoms with E-state index in [9.17, 15) is 4.79 Å². The van der Waals surface area contributed by atoms with E-state index in [1.807, 2.05) is 19.1 Å². The fourth-order valence-corrected chi connectivity index (χ4v) is 2.26. The lowest BCUT2D eigenvalue weighted by Crippen LogP contribution is -2.27. The van der Waals surface area contributed by atoms with E-state index in [-0.39, 0.29) is 11.9 Å². The fourth-order valence-electron chi connectivity index (χ4n) is 1.97. The van der Waals surface area contributed by atoms with Crippen LogP contribution >= 0.6 is 23.2 Å². The summed E-state index contributed by atoms with van der Waals surface area (Å²) in [6.07, 6.45) is 0. The van der Waals surface area contributed by atoms with Crippen molar-refractivity contribution in [3.05, 3.63) is 63.6 Å². The zero-order chi connectivity index (χ0) is 15.4. The van der Waals surface area contributed by atoms with Crippen molar-refractivity contribution >= 4 is 29.1 Å². The van der Waals surface area contributed by atoms with E-state index in [1.54, 1.807) is 30.3 Å². The van der Waals surface area contributed by atoms with Gasteiger partial charge in [-0.25, -0.2) is 0 Å². The van der Waals surface area contributed by atoms with Crippen LogP contribution in [0.3, 0.4) is 0 Å². The third-order valence-electron chi connectivity index (χ3n) is 3.12. The highest BCUT2D eigenvalue weighted by Gasteiger charge is 2.16. The smallest absolute Gasteiger partial charge is 0.255 e. The first kappa shape index (κ1) is 15.7. The van der Waals surface area contributed by atoms with E-state index >= 15 is 0 Å². The third kappa shape index (κ3) is 3.90. The molecule has 2 aromatic rings. The summed E-state index contributed by atoms with van der Waals surface area (Å²) >= 11 is 11.8. The van der Waals surface area contributed by atoms with E-state index in [2.05, 4.69) is 5.32 Å². The number of halogens is 2. The minimum absolute atomic E-state index is 0.154. The van der Waals surface area contributed by atoms with Gasteiger partial charge >= 0.3 is 0 Å². The van der Waals surface area contributed by atoms with Crippen LogP contribution in [0, 0.1) is 0 Å². The van der Waals surface area contributed by atoms with Gasteiger partial charge in [-0.2, -0.15) is 0 Å². The Balaban J connectivity index is 2.17. The Kier molecular flexibility index (Phi) is 5.10. The summed E-state index contributed by atoms with van der Waals surface area (Å²) in [5, 5.41) is 4.06. The number of nitrogens with one attached hydrogen (secondary N) is 1. The first-order valence-corrected chi connectivity index (χ1v) is 7.16. The summed E-state index contributed by atoms with van der Waals surface area (Å²) in [6.45, 7) is 1.90. The molecule has 0 radical (unpaired) electrons. The molecule has 0 aliphatic heterocycles. The van der Waals surface area contributed by atoms with Crippen LogP contribution in [0.4, 0.5) is 0 Å². The van der Waals surface area contributed by atoms with Crippen LogP contribution in [0.15, 0.2) is 42.5 Å². The van der Waals surface area contributed by atoms with E-state index in [1.165, 1.54) is 7.11 Å². The lowest BCUT2D eigenvalue weighted by Gasteiger charge is -2.16. The van der Waals surface area contributed by atoms with Gasteiger partial charge in [0.15, 0.2) is 0 Å². The Bertz CT molecular complexity index is 641. The van der Waals surface area contributed by atoms with Gasteiger partial charge in [0.1, 0.15) is 5.75 Å². The van der Waals surface area contributed by atoms with Gasteiger partial charge < -0.3 is 10.1 Å². The number of ether oxygens (including phenoxy) is 1. The molecule has 0 saturated heterocycles. The molecular weight excluding hydrogens is 309 g/mol. The molecule has 5 heteroatoms. The van der Waals surface area contributed by atoms with Crippen LogP contribution < -0.4 is 10.1 Å². The second kappa shape index (κ2) is 6.83. The van der Waals surface area contributed by atoms with E-state index in [0.29, 0.717) is 21.4 Å². The number of carbonyl (C=O) groups excluding carboxylic acids is 1. The fraction of sp³-hybridized carbons (Fsp3) is 0.188. The Labute approximate surface area is 133 Å². The number of methoxy groups -OCH3 is 1. The van der Waals surface area contributed by atoms with Crippen LogP contribution in [-0.2, 0) is 0 Å². The molecule has 1 amide bonds. The molecule has 0 saturated carbocycles. The average molecular weight is 324 g/mol. The van der Waals surface area contributed by atoms with Crippen molar-refractivity contribution in [1.29, 1.82) is 0 Å². The van der Waals surface area contributed by atoms with Gasteiger partial charge in [0.2, 0.25) is 0 Å². The summed E-state index contributed by atoms with van der Waals surface area (Å²) < 4.78 is 5.19. The highest BCUT2D eigenvalue weighted by molar-refractivity contribution is 6.31. The molecule has 110 valence electrons. The summed E-state index contributed by atoms with van der Waals surface area (Å²) in [6, 6.07) is 12.1. The lowest BCUT2D eigenvalue weighted by atomic mass is 10.1.